The van der Waals surface area contributed by atoms with E-state index >= 15 is 0 Å². The zero-order valence-corrected chi connectivity index (χ0v) is 23.2. The molecule has 1 aromatic heterocycles. The number of carboxylic acid groups (broad SMARTS) is 1. The Labute approximate surface area is 238 Å². The van der Waals surface area contributed by atoms with Gasteiger partial charge in [0.05, 0.1) is 7.11 Å². The van der Waals surface area contributed by atoms with Crippen LogP contribution in [0.3, 0.4) is 0 Å². The van der Waals surface area contributed by atoms with Gasteiger partial charge in [-0.2, -0.15) is 0 Å². The van der Waals surface area contributed by atoms with Crippen LogP contribution in [0.15, 0.2) is 89.4 Å². The maximum absolute atomic E-state index is 12.8. The van der Waals surface area contributed by atoms with Crippen molar-refractivity contribution in [2.24, 2.45) is 0 Å². The summed E-state index contributed by atoms with van der Waals surface area (Å²) >= 11 is 0. The van der Waals surface area contributed by atoms with Gasteiger partial charge in [-0.3, -0.25) is 9.69 Å². The number of hydrogen-bond donors (Lipinski definition) is 1. The highest BCUT2D eigenvalue weighted by Gasteiger charge is 2.20. The number of carbonyl (C=O) groups is 2. The van der Waals surface area contributed by atoms with Gasteiger partial charge in [0.15, 0.2) is 0 Å². The molecular formula is C32H32N2O7. The number of carboxylic acids is 1. The number of nitrogens with zero attached hydrogens (tertiary/aromatic N) is 2. The fourth-order valence-electron chi connectivity index (χ4n) is 4.16. The molecule has 0 unspecified atom stereocenters. The van der Waals surface area contributed by atoms with E-state index in [0.717, 1.165) is 33.9 Å². The number of amides is 1. The first-order valence-corrected chi connectivity index (χ1v) is 13.1. The molecule has 4 aromatic rings. The molecule has 3 aromatic carbocycles. The van der Waals surface area contributed by atoms with Crippen LogP contribution in [0.2, 0.25) is 0 Å². The Balaban J connectivity index is 1.41. The Kier molecular flexibility index (Phi) is 9.77. The van der Waals surface area contributed by atoms with E-state index in [1.54, 1.807) is 48.5 Å². The van der Waals surface area contributed by atoms with E-state index in [1.807, 2.05) is 50.3 Å². The van der Waals surface area contributed by atoms with Crippen molar-refractivity contribution >= 4 is 17.6 Å². The van der Waals surface area contributed by atoms with Crippen molar-refractivity contribution < 1.29 is 33.3 Å². The summed E-state index contributed by atoms with van der Waals surface area (Å²) in [7, 11) is 1.53. The predicted molar refractivity (Wildman–Crippen MR) is 154 cm³/mol. The first kappa shape index (κ1) is 28.9. The van der Waals surface area contributed by atoms with E-state index in [2.05, 4.69) is 0 Å². The average Bonchev–Trinajstić information content (AvgIpc) is 3.37. The fourth-order valence-corrected chi connectivity index (χ4v) is 4.16. The van der Waals surface area contributed by atoms with Crippen LogP contribution in [-0.2, 0) is 11.3 Å². The number of hydrogen-bond acceptors (Lipinski definition) is 7. The number of ether oxygens (including phenoxy) is 3. The molecule has 1 amide bonds. The topological polar surface area (TPSA) is 111 Å². The average molecular weight is 557 g/mol. The first-order valence-electron chi connectivity index (χ1n) is 13.1. The number of allylic oxidation sites excluding steroid dienone is 1. The molecule has 4 rings (SSSR count). The summed E-state index contributed by atoms with van der Waals surface area (Å²) in [4.78, 5) is 30.1. The third kappa shape index (κ3) is 7.98. The van der Waals surface area contributed by atoms with Gasteiger partial charge in [0.1, 0.15) is 41.9 Å². The van der Waals surface area contributed by atoms with Crippen LogP contribution >= 0.6 is 0 Å². The molecule has 0 spiro atoms. The molecule has 0 aliphatic heterocycles. The minimum atomic E-state index is -1.15. The lowest BCUT2D eigenvalue weighted by Crippen LogP contribution is -2.37. The second-order valence-electron chi connectivity index (χ2n) is 9.12. The Hall–Kier alpha value is -5.05. The Morgan fingerprint density at radius 1 is 0.976 bits per heavy atom. The van der Waals surface area contributed by atoms with Gasteiger partial charge in [0.2, 0.25) is 5.89 Å². The standard InChI is InChI=1S/C32H32N2O7/c1-4-24(30-22(2)40-31(33-30)25-10-6-5-7-11-25)17-18-39-28-12-8-9-23(19-28)20-34(21-29(35)36)32(37)41-27-15-13-26(38-3)14-16-27/h5-17,19H,4,18,20-21H2,1-3H3,(H,35,36)/b24-17+. The van der Waals surface area contributed by atoms with Gasteiger partial charge in [-0.25, -0.2) is 9.78 Å². The number of benzene rings is 3. The van der Waals surface area contributed by atoms with Gasteiger partial charge in [-0.1, -0.05) is 37.3 Å². The van der Waals surface area contributed by atoms with E-state index in [9.17, 15) is 14.7 Å². The zero-order valence-electron chi connectivity index (χ0n) is 23.2. The van der Waals surface area contributed by atoms with Crippen molar-refractivity contribution in [3.8, 4) is 28.7 Å². The zero-order chi connectivity index (χ0) is 29.2. The summed E-state index contributed by atoms with van der Waals surface area (Å²) in [5.41, 5.74) is 3.40. The van der Waals surface area contributed by atoms with Crippen molar-refractivity contribution in [2.75, 3.05) is 20.3 Å². The number of aromatic nitrogens is 1. The van der Waals surface area contributed by atoms with Crippen LogP contribution in [-0.4, -0.2) is 47.3 Å². The number of carbonyl (C=O) groups excluding carboxylic acids is 1. The van der Waals surface area contributed by atoms with Crippen molar-refractivity contribution in [1.82, 2.24) is 9.88 Å². The summed E-state index contributed by atoms with van der Waals surface area (Å²) in [6, 6.07) is 23.3. The maximum Gasteiger partial charge on any atom is 0.416 e. The minimum absolute atomic E-state index is 0.0228. The molecule has 1 N–H and O–H groups in total. The van der Waals surface area contributed by atoms with Gasteiger partial charge in [0.25, 0.3) is 0 Å². The number of aliphatic carboxylic acids is 1. The molecule has 212 valence electrons. The molecular weight excluding hydrogens is 524 g/mol. The van der Waals surface area contributed by atoms with Gasteiger partial charge >= 0.3 is 12.1 Å². The summed E-state index contributed by atoms with van der Waals surface area (Å²) in [6.45, 7) is 3.73. The normalized spacial score (nSPS) is 11.1. The third-order valence-electron chi connectivity index (χ3n) is 6.20. The number of rotatable bonds is 12. The Morgan fingerprint density at radius 2 is 1.71 bits per heavy atom. The van der Waals surface area contributed by atoms with Crippen LogP contribution in [0.25, 0.3) is 17.0 Å². The van der Waals surface area contributed by atoms with E-state index in [4.69, 9.17) is 23.6 Å². The molecule has 9 heteroatoms. The van der Waals surface area contributed by atoms with Gasteiger partial charge in [-0.05, 0) is 79.1 Å². The lowest BCUT2D eigenvalue weighted by molar-refractivity contribution is -0.138. The molecule has 0 radical (unpaired) electrons. The van der Waals surface area contributed by atoms with Crippen LogP contribution in [0.1, 0.15) is 30.4 Å². The van der Waals surface area contributed by atoms with Crippen molar-refractivity contribution in [1.29, 1.82) is 0 Å². The van der Waals surface area contributed by atoms with E-state index < -0.39 is 18.6 Å². The number of oxazole rings is 1. The molecule has 9 nitrogen and oxygen atoms in total. The van der Waals surface area contributed by atoms with Crippen molar-refractivity contribution in [3.05, 3.63) is 102 Å². The quantitative estimate of drug-likeness (QED) is 0.207. The third-order valence-corrected chi connectivity index (χ3v) is 6.20. The smallest absolute Gasteiger partial charge is 0.416 e. The van der Waals surface area contributed by atoms with Crippen LogP contribution in [0.5, 0.6) is 17.2 Å². The molecule has 0 saturated carbocycles. The minimum Gasteiger partial charge on any atom is -0.497 e. The second kappa shape index (κ2) is 13.8. The largest absolute Gasteiger partial charge is 0.497 e. The summed E-state index contributed by atoms with van der Waals surface area (Å²) in [6.07, 6.45) is 1.93. The molecule has 0 aliphatic carbocycles. The highest BCUT2D eigenvalue weighted by Crippen LogP contribution is 2.27. The monoisotopic (exact) mass is 556 g/mol. The maximum atomic E-state index is 12.8. The van der Waals surface area contributed by atoms with E-state index in [1.165, 1.54) is 7.11 Å². The molecule has 41 heavy (non-hydrogen) atoms. The highest BCUT2D eigenvalue weighted by atomic mass is 16.6. The van der Waals surface area contributed by atoms with Crippen molar-refractivity contribution in [3.63, 3.8) is 0 Å². The van der Waals surface area contributed by atoms with Gasteiger partial charge < -0.3 is 23.7 Å². The Bertz CT molecular complexity index is 1490. The lowest BCUT2D eigenvalue weighted by atomic mass is 10.1. The lowest BCUT2D eigenvalue weighted by Gasteiger charge is -2.20. The number of methoxy groups -OCH3 is 1. The van der Waals surface area contributed by atoms with Crippen LogP contribution in [0.4, 0.5) is 4.79 Å². The predicted octanol–water partition coefficient (Wildman–Crippen LogP) is 6.62. The summed E-state index contributed by atoms with van der Waals surface area (Å²) in [5, 5.41) is 9.36. The highest BCUT2D eigenvalue weighted by molar-refractivity contribution is 5.78. The molecule has 0 aliphatic rings. The molecule has 0 atom stereocenters. The first-order chi connectivity index (χ1) is 19.9. The van der Waals surface area contributed by atoms with Crippen molar-refractivity contribution in [2.45, 2.75) is 26.8 Å². The molecule has 1 heterocycles. The Morgan fingerprint density at radius 3 is 2.39 bits per heavy atom. The molecule has 0 fully saturated rings. The number of aryl methyl sites for hydroxylation is 1. The summed E-state index contributed by atoms with van der Waals surface area (Å²) < 4.78 is 22.4. The van der Waals surface area contributed by atoms with Gasteiger partial charge in [0, 0.05) is 12.1 Å². The van der Waals surface area contributed by atoms with Crippen LogP contribution in [0, 0.1) is 6.92 Å². The van der Waals surface area contributed by atoms with Gasteiger partial charge in [-0.15, -0.1) is 0 Å². The van der Waals surface area contributed by atoms with E-state index in [-0.39, 0.29) is 18.9 Å². The van der Waals surface area contributed by atoms with E-state index in [0.29, 0.717) is 23.0 Å². The summed E-state index contributed by atoms with van der Waals surface area (Å²) in [5.74, 6) is 1.62. The SMILES string of the molecule is CC/C(=C\COc1cccc(CN(CC(=O)O)C(=O)Oc2ccc(OC)cc2)c1)c1nc(-c2ccccc2)oc1C. The fraction of sp³-hybridized carbons (Fsp3) is 0.219. The molecule has 0 saturated heterocycles. The second-order valence-corrected chi connectivity index (χ2v) is 9.12. The van der Waals surface area contributed by atoms with Crippen LogP contribution < -0.4 is 14.2 Å². The molecule has 0 bridgehead atoms.